The summed E-state index contributed by atoms with van der Waals surface area (Å²) < 4.78 is 0. The van der Waals surface area contributed by atoms with Crippen molar-refractivity contribution < 1.29 is 4.79 Å². The van der Waals surface area contributed by atoms with Gasteiger partial charge >= 0.3 is 0 Å². The van der Waals surface area contributed by atoms with Crippen LogP contribution in [0.4, 0.5) is 0 Å². The van der Waals surface area contributed by atoms with Crippen molar-refractivity contribution in [2.75, 3.05) is 19.3 Å². The van der Waals surface area contributed by atoms with Gasteiger partial charge in [-0.05, 0) is 55.5 Å². The molecule has 1 saturated heterocycles. The molecule has 4 rings (SSSR count). The Labute approximate surface area is 156 Å². The van der Waals surface area contributed by atoms with Crippen LogP contribution in [0.1, 0.15) is 34.8 Å². The molecule has 26 heavy (non-hydrogen) atoms. The molecule has 0 spiro atoms. The van der Waals surface area contributed by atoms with Crippen LogP contribution in [0.2, 0.25) is 0 Å². The molecule has 5 nitrogen and oxygen atoms in total. The lowest BCUT2D eigenvalue weighted by Crippen LogP contribution is -2.38. The highest BCUT2D eigenvalue weighted by molar-refractivity contribution is 7.98. The number of likely N-dealkylation sites (tertiary alicyclic amines) is 1. The number of carbonyl (C=O) groups is 1. The molecule has 0 aliphatic carbocycles. The van der Waals surface area contributed by atoms with E-state index in [1.54, 1.807) is 12.4 Å². The van der Waals surface area contributed by atoms with Gasteiger partial charge in [-0.15, -0.1) is 11.8 Å². The molecule has 132 valence electrons. The zero-order chi connectivity index (χ0) is 17.9. The Morgan fingerprint density at radius 1 is 1.08 bits per heavy atom. The van der Waals surface area contributed by atoms with Gasteiger partial charge in [0.15, 0.2) is 5.65 Å². The molecule has 1 amide bonds. The van der Waals surface area contributed by atoms with Gasteiger partial charge in [-0.2, -0.15) is 0 Å². The van der Waals surface area contributed by atoms with Crippen molar-refractivity contribution in [1.29, 1.82) is 0 Å². The van der Waals surface area contributed by atoms with E-state index >= 15 is 0 Å². The van der Waals surface area contributed by atoms with E-state index in [1.807, 2.05) is 35.4 Å². The number of hydrogen-bond acceptors (Lipinski definition) is 5. The minimum atomic E-state index is 0.0778. The number of rotatable bonds is 3. The molecule has 4 heterocycles. The van der Waals surface area contributed by atoms with Crippen LogP contribution in [0, 0.1) is 0 Å². The first-order valence-electron chi connectivity index (χ1n) is 8.76. The molecular weight excluding hydrogens is 344 g/mol. The average molecular weight is 364 g/mol. The van der Waals surface area contributed by atoms with Gasteiger partial charge in [0.05, 0.1) is 5.56 Å². The van der Waals surface area contributed by atoms with Gasteiger partial charge < -0.3 is 4.90 Å². The number of pyridine rings is 3. The summed E-state index contributed by atoms with van der Waals surface area (Å²) in [5.41, 5.74) is 2.57. The van der Waals surface area contributed by atoms with Crippen LogP contribution in [0.5, 0.6) is 0 Å². The number of fused-ring (bicyclic) bond motifs is 1. The lowest BCUT2D eigenvalue weighted by molar-refractivity contribution is 0.0708. The van der Waals surface area contributed by atoms with Crippen LogP contribution in [0.25, 0.3) is 11.0 Å². The van der Waals surface area contributed by atoms with Crippen LogP contribution in [-0.2, 0) is 0 Å². The maximum absolute atomic E-state index is 12.8. The normalized spacial score (nSPS) is 15.3. The minimum absolute atomic E-state index is 0.0778. The molecule has 0 atom stereocenters. The quantitative estimate of drug-likeness (QED) is 0.662. The third kappa shape index (κ3) is 3.29. The summed E-state index contributed by atoms with van der Waals surface area (Å²) in [6.07, 6.45) is 7.30. The van der Waals surface area contributed by atoms with Crippen LogP contribution < -0.4 is 0 Å². The molecule has 3 aromatic rings. The molecule has 0 N–H and O–H groups in total. The summed E-state index contributed by atoms with van der Waals surface area (Å²) in [6, 6.07) is 11.8. The van der Waals surface area contributed by atoms with Gasteiger partial charge in [0, 0.05) is 42.5 Å². The highest BCUT2D eigenvalue weighted by atomic mass is 32.2. The Morgan fingerprint density at radius 3 is 2.65 bits per heavy atom. The fraction of sp³-hybridized carbons (Fsp3) is 0.300. The van der Waals surface area contributed by atoms with E-state index < -0.39 is 0 Å². The Hall–Kier alpha value is -2.47. The van der Waals surface area contributed by atoms with Crippen molar-refractivity contribution in [2.24, 2.45) is 0 Å². The van der Waals surface area contributed by atoms with Crippen LogP contribution >= 0.6 is 11.8 Å². The smallest absolute Gasteiger partial charge is 0.256 e. The van der Waals surface area contributed by atoms with Gasteiger partial charge in [0.25, 0.3) is 5.91 Å². The molecule has 0 unspecified atom stereocenters. The second-order valence-electron chi connectivity index (χ2n) is 6.41. The number of piperidine rings is 1. The maximum Gasteiger partial charge on any atom is 0.256 e. The summed E-state index contributed by atoms with van der Waals surface area (Å²) in [5.74, 6) is 0.452. The number of hydrogen-bond donors (Lipinski definition) is 0. The molecule has 1 aliphatic heterocycles. The van der Waals surface area contributed by atoms with E-state index in [1.165, 1.54) is 11.8 Å². The number of aromatic nitrogens is 3. The highest BCUT2D eigenvalue weighted by Crippen LogP contribution is 2.29. The number of thioether (sulfide) groups is 1. The summed E-state index contributed by atoms with van der Waals surface area (Å²) in [6.45, 7) is 1.49. The zero-order valence-corrected chi connectivity index (χ0v) is 15.4. The van der Waals surface area contributed by atoms with Crippen molar-refractivity contribution >= 4 is 28.7 Å². The Bertz CT molecular complexity index is 938. The molecule has 3 aromatic heterocycles. The molecule has 1 aliphatic rings. The monoisotopic (exact) mass is 364 g/mol. The second kappa shape index (κ2) is 7.41. The molecule has 0 bridgehead atoms. The van der Waals surface area contributed by atoms with Crippen LogP contribution in [0.3, 0.4) is 0 Å². The fourth-order valence-electron chi connectivity index (χ4n) is 3.46. The van der Waals surface area contributed by atoms with Crippen LogP contribution in [-0.4, -0.2) is 45.1 Å². The van der Waals surface area contributed by atoms with Gasteiger partial charge in [0.1, 0.15) is 5.03 Å². The minimum Gasteiger partial charge on any atom is -0.339 e. The summed E-state index contributed by atoms with van der Waals surface area (Å²) in [7, 11) is 0. The first-order valence-corrected chi connectivity index (χ1v) is 9.98. The van der Waals surface area contributed by atoms with Gasteiger partial charge in [-0.3, -0.25) is 4.79 Å². The SMILES string of the molecule is CSc1ncccc1C(=O)N1CCC(c2ccc3cccnc3n2)CC1. The highest BCUT2D eigenvalue weighted by Gasteiger charge is 2.26. The number of nitrogens with zero attached hydrogens (tertiary/aromatic N) is 4. The first-order chi connectivity index (χ1) is 12.8. The van der Waals surface area contributed by atoms with E-state index in [0.717, 1.165) is 47.7 Å². The Balaban J connectivity index is 1.47. The maximum atomic E-state index is 12.8. The van der Waals surface area contributed by atoms with Crippen LogP contribution in [0.15, 0.2) is 53.8 Å². The van der Waals surface area contributed by atoms with Crippen molar-refractivity contribution in [1.82, 2.24) is 19.9 Å². The van der Waals surface area contributed by atoms with Crippen molar-refractivity contribution in [2.45, 2.75) is 23.8 Å². The summed E-state index contributed by atoms with van der Waals surface area (Å²) >= 11 is 1.51. The Kier molecular flexibility index (Phi) is 4.84. The largest absolute Gasteiger partial charge is 0.339 e. The van der Waals surface area contributed by atoms with E-state index in [-0.39, 0.29) is 5.91 Å². The molecular formula is C20H20N4OS. The average Bonchev–Trinajstić information content (AvgIpc) is 2.73. The van der Waals surface area contributed by atoms with E-state index in [2.05, 4.69) is 22.1 Å². The Morgan fingerprint density at radius 2 is 1.85 bits per heavy atom. The first kappa shape index (κ1) is 17.0. The molecule has 6 heteroatoms. The van der Waals surface area contributed by atoms with Crippen molar-refractivity contribution in [3.05, 3.63) is 60.0 Å². The van der Waals surface area contributed by atoms with Crippen molar-refractivity contribution in [3.63, 3.8) is 0 Å². The lowest BCUT2D eigenvalue weighted by Gasteiger charge is -2.32. The predicted molar refractivity (Wildman–Crippen MR) is 103 cm³/mol. The summed E-state index contributed by atoms with van der Waals surface area (Å²) in [5, 5.41) is 1.85. The lowest BCUT2D eigenvalue weighted by atomic mass is 9.92. The summed E-state index contributed by atoms with van der Waals surface area (Å²) in [4.78, 5) is 28.2. The standard InChI is InChI=1S/C20H20N4OS/c1-26-19-16(5-3-11-22-19)20(25)24-12-8-14(9-13-24)17-7-6-15-4-2-10-21-18(15)23-17/h2-7,10-11,14H,8-9,12-13H2,1H3. The topological polar surface area (TPSA) is 59.0 Å². The molecule has 1 fully saturated rings. The van der Waals surface area contributed by atoms with Gasteiger partial charge in [-0.1, -0.05) is 0 Å². The zero-order valence-electron chi connectivity index (χ0n) is 14.6. The number of amides is 1. The van der Waals surface area contributed by atoms with Gasteiger partial charge in [0.2, 0.25) is 0 Å². The van der Waals surface area contributed by atoms with Gasteiger partial charge in [-0.25, -0.2) is 15.0 Å². The van der Waals surface area contributed by atoms with E-state index in [4.69, 9.17) is 4.98 Å². The molecule has 0 aromatic carbocycles. The third-order valence-electron chi connectivity index (χ3n) is 4.88. The fourth-order valence-corrected chi connectivity index (χ4v) is 4.00. The van der Waals surface area contributed by atoms with E-state index in [9.17, 15) is 4.79 Å². The van der Waals surface area contributed by atoms with Crippen molar-refractivity contribution in [3.8, 4) is 0 Å². The second-order valence-corrected chi connectivity index (χ2v) is 7.21. The third-order valence-corrected chi connectivity index (χ3v) is 5.59. The predicted octanol–water partition coefficient (Wildman–Crippen LogP) is 3.77. The number of carbonyl (C=O) groups excluding carboxylic acids is 1. The van der Waals surface area contributed by atoms with E-state index in [0.29, 0.717) is 11.5 Å². The molecule has 0 radical (unpaired) electrons. The molecule has 0 saturated carbocycles.